The van der Waals surface area contributed by atoms with Crippen LogP contribution in [0.2, 0.25) is 0 Å². The highest BCUT2D eigenvalue weighted by Gasteiger charge is 2.19. The molecule has 2 heteroatoms. The molecule has 1 nitrogen and oxygen atoms in total. The van der Waals surface area contributed by atoms with E-state index in [1.54, 1.807) is 0 Å². The molecule has 0 saturated carbocycles. The van der Waals surface area contributed by atoms with Crippen LogP contribution in [0.25, 0.3) is 42.7 Å². The third-order valence-corrected chi connectivity index (χ3v) is 6.47. The number of thiophene rings is 1. The van der Waals surface area contributed by atoms with Gasteiger partial charge in [-0.05, 0) is 42.0 Å². The lowest BCUT2D eigenvalue weighted by molar-refractivity contribution is 1.41. The molecule has 0 aliphatic carbocycles. The standard InChI is InChI=1S/C24H19NS/c1-15-9-8-13-19-21(17-10-4-3-5-11-17)23(25-22(15)19)24-16(2)18-12-6-7-14-20(18)26-24/h3-14,25H,1-2H3. The van der Waals surface area contributed by atoms with Crippen molar-refractivity contribution in [1.82, 2.24) is 4.98 Å². The summed E-state index contributed by atoms with van der Waals surface area (Å²) in [5.74, 6) is 0. The Hall–Kier alpha value is -2.84. The predicted molar refractivity (Wildman–Crippen MR) is 114 cm³/mol. The van der Waals surface area contributed by atoms with Gasteiger partial charge in [0.25, 0.3) is 0 Å². The molecule has 0 spiro atoms. The van der Waals surface area contributed by atoms with Crippen molar-refractivity contribution in [2.75, 3.05) is 0 Å². The molecule has 0 bridgehead atoms. The minimum atomic E-state index is 1.23. The molecule has 0 radical (unpaired) electrons. The maximum absolute atomic E-state index is 3.76. The molecule has 26 heavy (non-hydrogen) atoms. The third kappa shape index (κ3) is 2.23. The normalized spacial score (nSPS) is 11.5. The molecule has 5 aromatic rings. The first-order valence-corrected chi connectivity index (χ1v) is 9.71. The van der Waals surface area contributed by atoms with Crippen molar-refractivity contribution in [1.29, 1.82) is 0 Å². The molecule has 126 valence electrons. The van der Waals surface area contributed by atoms with Gasteiger partial charge in [-0.3, -0.25) is 0 Å². The Bertz CT molecular complexity index is 1240. The van der Waals surface area contributed by atoms with Crippen LogP contribution >= 0.6 is 11.3 Å². The lowest BCUT2D eigenvalue weighted by Crippen LogP contribution is -1.82. The smallest absolute Gasteiger partial charge is 0.0649 e. The average Bonchev–Trinajstić information content (AvgIpc) is 3.22. The second kappa shape index (κ2) is 5.86. The number of H-pyrrole nitrogens is 1. The fourth-order valence-electron chi connectivity index (χ4n) is 3.85. The maximum Gasteiger partial charge on any atom is 0.0649 e. The largest absolute Gasteiger partial charge is 0.353 e. The van der Waals surface area contributed by atoms with Crippen molar-refractivity contribution in [3.05, 3.63) is 83.9 Å². The number of fused-ring (bicyclic) bond motifs is 2. The first-order valence-electron chi connectivity index (χ1n) is 8.89. The number of benzene rings is 3. The Labute approximate surface area is 156 Å². The van der Waals surface area contributed by atoms with Gasteiger partial charge in [0.05, 0.1) is 10.6 Å². The summed E-state index contributed by atoms with van der Waals surface area (Å²) in [5.41, 5.74) is 7.67. The summed E-state index contributed by atoms with van der Waals surface area (Å²) < 4.78 is 1.34. The summed E-state index contributed by atoms with van der Waals surface area (Å²) in [7, 11) is 0. The van der Waals surface area contributed by atoms with Crippen LogP contribution in [0.1, 0.15) is 11.1 Å². The van der Waals surface area contributed by atoms with Crippen LogP contribution in [-0.2, 0) is 0 Å². The lowest BCUT2D eigenvalue weighted by atomic mass is 9.99. The van der Waals surface area contributed by atoms with Crippen molar-refractivity contribution in [3.8, 4) is 21.7 Å². The number of aryl methyl sites for hydroxylation is 2. The van der Waals surface area contributed by atoms with E-state index in [4.69, 9.17) is 0 Å². The predicted octanol–water partition coefficient (Wildman–Crippen LogP) is 7.33. The molecule has 0 unspecified atom stereocenters. The summed E-state index contributed by atoms with van der Waals surface area (Å²) in [6.07, 6.45) is 0. The van der Waals surface area contributed by atoms with Gasteiger partial charge >= 0.3 is 0 Å². The second-order valence-corrected chi connectivity index (χ2v) is 7.84. The molecule has 0 fully saturated rings. The monoisotopic (exact) mass is 353 g/mol. The van der Waals surface area contributed by atoms with Gasteiger partial charge in [-0.25, -0.2) is 0 Å². The summed E-state index contributed by atoms with van der Waals surface area (Å²) in [6.45, 7) is 4.41. The molecule has 0 amide bonds. The molecule has 5 rings (SSSR count). The molecule has 0 aliphatic heterocycles. The van der Waals surface area contributed by atoms with Gasteiger partial charge in [0.15, 0.2) is 0 Å². The third-order valence-electron chi connectivity index (χ3n) is 5.18. The van der Waals surface area contributed by atoms with Gasteiger partial charge in [-0.2, -0.15) is 0 Å². The van der Waals surface area contributed by atoms with Crippen molar-refractivity contribution in [2.24, 2.45) is 0 Å². The van der Waals surface area contributed by atoms with E-state index in [-0.39, 0.29) is 0 Å². The highest BCUT2D eigenvalue weighted by molar-refractivity contribution is 7.22. The number of nitrogens with one attached hydrogen (secondary N) is 1. The number of para-hydroxylation sites is 1. The fraction of sp³-hybridized carbons (Fsp3) is 0.0833. The zero-order valence-electron chi connectivity index (χ0n) is 14.8. The second-order valence-electron chi connectivity index (χ2n) is 6.79. The number of hydrogen-bond acceptors (Lipinski definition) is 1. The first-order chi connectivity index (χ1) is 12.7. The Morgan fingerprint density at radius 3 is 2.27 bits per heavy atom. The van der Waals surface area contributed by atoms with Gasteiger partial charge in [0, 0.05) is 21.2 Å². The van der Waals surface area contributed by atoms with E-state index < -0.39 is 0 Å². The minimum Gasteiger partial charge on any atom is -0.353 e. The van der Waals surface area contributed by atoms with Gasteiger partial charge in [-0.1, -0.05) is 66.7 Å². The zero-order chi connectivity index (χ0) is 17.7. The first kappa shape index (κ1) is 15.4. The van der Waals surface area contributed by atoms with Crippen molar-refractivity contribution in [2.45, 2.75) is 13.8 Å². The van der Waals surface area contributed by atoms with E-state index in [1.807, 2.05) is 11.3 Å². The van der Waals surface area contributed by atoms with Crippen molar-refractivity contribution >= 4 is 32.3 Å². The highest BCUT2D eigenvalue weighted by atomic mass is 32.1. The van der Waals surface area contributed by atoms with Gasteiger partial charge in [-0.15, -0.1) is 11.3 Å². The molecule has 0 atom stereocenters. The molecular formula is C24H19NS. The van der Waals surface area contributed by atoms with Gasteiger partial charge in [0.1, 0.15) is 0 Å². The fourth-order valence-corrected chi connectivity index (χ4v) is 5.07. The highest BCUT2D eigenvalue weighted by Crippen LogP contribution is 2.45. The summed E-state index contributed by atoms with van der Waals surface area (Å²) in [5, 5.41) is 2.64. The Balaban J connectivity index is 1.90. The van der Waals surface area contributed by atoms with Gasteiger partial charge < -0.3 is 4.98 Å². The van der Waals surface area contributed by atoms with Crippen LogP contribution in [0, 0.1) is 13.8 Å². The summed E-state index contributed by atoms with van der Waals surface area (Å²) in [4.78, 5) is 5.09. The van der Waals surface area contributed by atoms with Crippen molar-refractivity contribution < 1.29 is 0 Å². The SMILES string of the molecule is Cc1c(-c2[nH]c3c(C)cccc3c2-c2ccccc2)sc2ccccc12. The van der Waals surface area contributed by atoms with E-state index in [9.17, 15) is 0 Å². The molecule has 0 aliphatic rings. The topological polar surface area (TPSA) is 15.8 Å². The van der Waals surface area contributed by atoms with Crippen LogP contribution < -0.4 is 0 Å². The molecule has 0 saturated heterocycles. The number of hydrogen-bond donors (Lipinski definition) is 1. The molecule has 2 heterocycles. The van der Waals surface area contributed by atoms with E-state index in [0.29, 0.717) is 0 Å². The quantitative estimate of drug-likeness (QED) is 0.342. The van der Waals surface area contributed by atoms with Crippen LogP contribution in [0.5, 0.6) is 0 Å². The zero-order valence-corrected chi connectivity index (χ0v) is 15.7. The van der Waals surface area contributed by atoms with E-state index in [0.717, 1.165) is 0 Å². The van der Waals surface area contributed by atoms with Crippen molar-refractivity contribution in [3.63, 3.8) is 0 Å². The van der Waals surface area contributed by atoms with E-state index in [1.165, 1.54) is 53.8 Å². The summed E-state index contributed by atoms with van der Waals surface area (Å²) in [6, 6.07) is 26.0. The Kier molecular flexibility index (Phi) is 3.47. The molecular weight excluding hydrogens is 334 g/mol. The van der Waals surface area contributed by atoms with Crippen LogP contribution in [-0.4, -0.2) is 4.98 Å². The van der Waals surface area contributed by atoms with Crippen LogP contribution in [0.4, 0.5) is 0 Å². The molecule has 1 N–H and O–H groups in total. The Morgan fingerprint density at radius 2 is 1.46 bits per heavy atom. The average molecular weight is 353 g/mol. The number of aromatic amines is 1. The number of aromatic nitrogens is 1. The van der Waals surface area contributed by atoms with E-state index >= 15 is 0 Å². The van der Waals surface area contributed by atoms with Crippen LogP contribution in [0.15, 0.2) is 72.8 Å². The van der Waals surface area contributed by atoms with Gasteiger partial charge in [0.2, 0.25) is 0 Å². The van der Waals surface area contributed by atoms with E-state index in [2.05, 4.69) is 91.6 Å². The van der Waals surface area contributed by atoms with Crippen LogP contribution in [0.3, 0.4) is 0 Å². The number of rotatable bonds is 2. The molecule has 3 aromatic carbocycles. The Morgan fingerprint density at radius 1 is 0.731 bits per heavy atom. The lowest BCUT2D eigenvalue weighted by Gasteiger charge is -2.05. The maximum atomic E-state index is 3.76. The summed E-state index contributed by atoms with van der Waals surface area (Å²) >= 11 is 1.88. The minimum absolute atomic E-state index is 1.23. The molecule has 2 aromatic heterocycles.